The molecule has 1 N–H and O–H groups in total. The van der Waals surface area contributed by atoms with Crippen LogP contribution in [0.3, 0.4) is 0 Å². The molecule has 7 nitrogen and oxygen atoms in total. The summed E-state index contributed by atoms with van der Waals surface area (Å²) < 4.78 is 17.8. The molecule has 1 heterocycles. The maximum Gasteiger partial charge on any atom is 0.175 e. The molecule has 0 saturated carbocycles. The Morgan fingerprint density at radius 2 is 1.94 bits per heavy atom. The molecule has 0 aliphatic rings. The molecule has 0 amide bonds. The van der Waals surface area contributed by atoms with Crippen LogP contribution < -0.4 is 14.9 Å². The predicted octanol–water partition coefficient (Wildman–Crippen LogP) is 5.59. The molecule has 0 aliphatic carbocycles. The Kier molecular flexibility index (Phi) is 8.81. The highest BCUT2D eigenvalue weighted by Crippen LogP contribution is 2.37. The molecule has 0 aliphatic heterocycles. The van der Waals surface area contributed by atoms with E-state index < -0.39 is 0 Å². The van der Waals surface area contributed by atoms with Gasteiger partial charge in [0.2, 0.25) is 0 Å². The monoisotopic (exact) mass is 508 g/mol. The average Bonchev–Trinajstić information content (AvgIpc) is 2.79. The first kappa shape index (κ1) is 24.2. The number of methoxy groups -OCH3 is 1. The van der Waals surface area contributed by atoms with E-state index in [9.17, 15) is 5.26 Å². The first-order valence-electron chi connectivity index (χ1n) is 10.4. The van der Waals surface area contributed by atoms with E-state index in [1.807, 2.05) is 62.4 Å². The fraction of sp³-hybridized carbons (Fsp3) is 0.240. The first-order valence-corrected chi connectivity index (χ1v) is 11.2. The molecule has 0 atom stereocenters. The summed E-state index contributed by atoms with van der Waals surface area (Å²) in [6.45, 7) is 5.01. The number of nitrogens with zero attached hydrogens (tertiary/aromatic N) is 3. The lowest BCUT2D eigenvalue weighted by atomic mass is 10.1. The summed E-state index contributed by atoms with van der Waals surface area (Å²) in [7, 11) is 1.59. The highest BCUT2D eigenvalue weighted by molar-refractivity contribution is 9.10. The SMILES string of the molecule is CCOc1cc(/C=N\Nc2nc(C)cc(COC)c2C#N)cc(Br)c1OCc1ccccc1. The summed E-state index contributed by atoms with van der Waals surface area (Å²) in [5, 5.41) is 13.8. The summed E-state index contributed by atoms with van der Waals surface area (Å²) in [5.74, 6) is 1.62. The molecule has 1 aromatic heterocycles. The minimum atomic E-state index is 0.319. The van der Waals surface area contributed by atoms with E-state index in [1.54, 1.807) is 13.3 Å². The number of halogens is 1. The van der Waals surface area contributed by atoms with Crippen molar-refractivity contribution in [2.24, 2.45) is 5.10 Å². The fourth-order valence-corrected chi connectivity index (χ4v) is 3.75. The number of hydrazone groups is 1. The molecule has 0 saturated heterocycles. The second-order valence-corrected chi connectivity index (χ2v) is 7.95. The van der Waals surface area contributed by atoms with E-state index in [1.165, 1.54) is 0 Å². The van der Waals surface area contributed by atoms with E-state index >= 15 is 0 Å². The number of nitrogens with one attached hydrogen (secondary N) is 1. The lowest BCUT2D eigenvalue weighted by Gasteiger charge is -2.14. The third-order valence-corrected chi connectivity index (χ3v) is 5.17. The Morgan fingerprint density at radius 3 is 2.64 bits per heavy atom. The number of rotatable bonds is 10. The van der Waals surface area contributed by atoms with Gasteiger partial charge in [0.15, 0.2) is 17.3 Å². The number of pyridine rings is 1. The third kappa shape index (κ3) is 6.54. The molecule has 0 radical (unpaired) electrons. The van der Waals surface area contributed by atoms with E-state index in [-0.39, 0.29) is 0 Å². The van der Waals surface area contributed by atoms with Gasteiger partial charge in [-0.15, -0.1) is 0 Å². The standard InChI is InChI=1S/C25H25BrN4O3/c1-4-32-23-12-19(11-22(26)24(23)33-15-18-8-6-5-7-9-18)14-28-30-25-21(13-27)20(16-31-3)10-17(2)29-25/h5-12,14H,4,15-16H2,1-3H3,(H,29,30)/b28-14-. The van der Waals surface area contributed by atoms with Crippen molar-refractivity contribution in [1.29, 1.82) is 5.26 Å². The molecule has 3 aromatic rings. The van der Waals surface area contributed by atoms with Crippen molar-refractivity contribution in [3.05, 3.63) is 81.0 Å². The molecular weight excluding hydrogens is 484 g/mol. The molecule has 33 heavy (non-hydrogen) atoms. The number of anilines is 1. The third-order valence-electron chi connectivity index (χ3n) is 4.58. The summed E-state index contributed by atoms with van der Waals surface area (Å²) in [4.78, 5) is 4.39. The van der Waals surface area contributed by atoms with Gasteiger partial charge in [0, 0.05) is 18.4 Å². The van der Waals surface area contributed by atoms with Crippen molar-refractivity contribution in [2.45, 2.75) is 27.1 Å². The van der Waals surface area contributed by atoms with Gasteiger partial charge >= 0.3 is 0 Å². The van der Waals surface area contributed by atoms with Gasteiger partial charge in [0.1, 0.15) is 18.2 Å². The second-order valence-electron chi connectivity index (χ2n) is 7.10. The van der Waals surface area contributed by atoms with Gasteiger partial charge in [-0.1, -0.05) is 30.3 Å². The zero-order valence-electron chi connectivity index (χ0n) is 18.8. The zero-order chi connectivity index (χ0) is 23.6. The van der Waals surface area contributed by atoms with Crippen LogP contribution in [0.2, 0.25) is 0 Å². The van der Waals surface area contributed by atoms with Crippen molar-refractivity contribution in [3.63, 3.8) is 0 Å². The molecule has 0 bridgehead atoms. The zero-order valence-corrected chi connectivity index (χ0v) is 20.3. The van der Waals surface area contributed by atoms with E-state index in [2.05, 4.69) is 37.5 Å². The number of ether oxygens (including phenoxy) is 3. The predicted molar refractivity (Wildman–Crippen MR) is 132 cm³/mol. The number of hydrogen-bond donors (Lipinski definition) is 1. The van der Waals surface area contributed by atoms with Gasteiger partial charge < -0.3 is 14.2 Å². The second kappa shape index (κ2) is 12.0. The van der Waals surface area contributed by atoms with Crippen LogP contribution in [0.4, 0.5) is 5.82 Å². The number of nitriles is 1. The normalized spacial score (nSPS) is 10.8. The van der Waals surface area contributed by atoms with Crippen LogP contribution in [-0.4, -0.2) is 24.9 Å². The minimum Gasteiger partial charge on any atom is -0.490 e. The van der Waals surface area contributed by atoms with E-state index in [0.29, 0.717) is 42.7 Å². The first-order chi connectivity index (χ1) is 16.0. The van der Waals surface area contributed by atoms with Crippen LogP contribution in [0.25, 0.3) is 0 Å². The maximum atomic E-state index is 9.55. The molecule has 0 fully saturated rings. The smallest absolute Gasteiger partial charge is 0.175 e. The molecule has 170 valence electrons. The Labute approximate surface area is 202 Å². The number of aryl methyl sites for hydroxylation is 1. The van der Waals surface area contributed by atoms with Crippen molar-refractivity contribution in [2.75, 3.05) is 19.1 Å². The van der Waals surface area contributed by atoms with Crippen LogP contribution in [0.5, 0.6) is 11.5 Å². The van der Waals surface area contributed by atoms with Crippen LogP contribution in [0.15, 0.2) is 58.1 Å². The maximum absolute atomic E-state index is 9.55. The fourth-order valence-electron chi connectivity index (χ4n) is 3.18. The van der Waals surface area contributed by atoms with Crippen molar-refractivity contribution >= 4 is 28.0 Å². The van der Waals surface area contributed by atoms with Gasteiger partial charge in [-0.05, 0) is 59.1 Å². The molecule has 0 unspecified atom stereocenters. The number of aromatic nitrogens is 1. The van der Waals surface area contributed by atoms with Crippen LogP contribution in [0, 0.1) is 18.3 Å². The Morgan fingerprint density at radius 1 is 1.15 bits per heavy atom. The van der Waals surface area contributed by atoms with Gasteiger partial charge in [0.25, 0.3) is 0 Å². The summed E-state index contributed by atoms with van der Waals surface area (Å²) in [5.41, 5.74) is 6.65. The van der Waals surface area contributed by atoms with Gasteiger partial charge in [-0.3, -0.25) is 5.43 Å². The highest BCUT2D eigenvalue weighted by Gasteiger charge is 2.13. The quantitative estimate of drug-likeness (QED) is 0.283. The van der Waals surface area contributed by atoms with Crippen LogP contribution in [-0.2, 0) is 18.0 Å². The van der Waals surface area contributed by atoms with Gasteiger partial charge in [0.05, 0.1) is 23.9 Å². The van der Waals surface area contributed by atoms with Gasteiger partial charge in [-0.25, -0.2) is 4.98 Å². The Balaban J connectivity index is 1.81. The van der Waals surface area contributed by atoms with Crippen molar-refractivity contribution in [1.82, 2.24) is 4.98 Å². The highest BCUT2D eigenvalue weighted by atomic mass is 79.9. The molecule has 8 heteroatoms. The van der Waals surface area contributed by atoms with Crippen molar-refractivity contribution < 1.29 is 14.2 Å². The lowest BCUT2D eigenvalue weighted by Crippen LogP contribution is -2.04. The summed E-state index contributed by atoms with van der Waals surface area (Å²) in [6, 6.07) is 17.7. The Hall–Kier alpha value is -3.41. The average molecular weight is 509 g/mol. The van der Waals surface area contributed by atoms with Gasteiger partial charge in [-0.2, -0.15) is 10.4 Å². The largest absolute Gasteiger partial charge is 0.490 e. The summed E-state index contributed by atoms with van der Waals surface area (Å²) in [6.07, 6.45) is 1.63. The number of hydrogen-bond acceptors (Lipinski definition) is 7. The molecule has 2 aromatic carbocycles. The molecular formula is C25H25BrN4O3. The van der Waals surface area contributed by atoms with E-state index in [0.717, 1.165) is 26.9 Å². The lowest BCUT2D eigenvalue weighted by molar-refractivity contribution is 0.184. The van der Waals surface area contributed by atoms with Crippen LogP contribution >= 0.6 is 15.9 Å². The van der Waals surface area contributed by atoms with Crippen molar-refractivity contribution in [3.8, 4) is 17.6 Å². The minimum absolute atomic E-state index is 0.319. The van der Waals surface area contributed by atoms with Crippen LogP contribution in [0.1, 0.15) is 34.9 Å². The molecule has 3 rings (SSSR count). The Bertz CT molecular complexity index is 1160. The molecule has 0 spiro atoms. The number of benzene rings is 2. The van der Waals surface area contributed by atoms with E-state index in [4.69, 9.17) is 14.2 Å². The topological polar surface area (TPSA) is 88.8 Å². The summed E-state index contributed by atoms with van der Waals surface area (Å²) >= 11 is 3.58.